The van der Waals surface area contributed by atoms with Crippen LogP contribution in [-0.4, -0.2) is 21.3 Å². The molecule has 0 aliphatic heterocycles. The average Bonchev–Trinajstić information content (AvgIpc) is 0.781. The van der Waals surface area contributed by atoms with Gasteiger partial charge >= 0.3 is 12.4 Å². The zero-order chi connectivity index (χ0) is 81.1. The molecule has 0 aliphatic rings. The van der Waals surface area contributed by atoms with Gasteiger partial charge in [-0.05, 0) is 199 Å². The topological polar surface area (TPSA) is 27.7 Å². The van der Waals surface area contributed by atoms with Crippen LogP contribution in [0.4, 0.5) is 26.3 Å². The van der Waals surface area contributed by atoms with Gasteiger partial charge in [0.25, 0.3) is 0 Å². The molecule has 8 aromatic rings. The smallest absolute Gasteiger partial charge is 0.416 e. The number of halogens is 12. The Morgan fingerprint density at radius 2 is 0.596 bits per heavy atom. The zero-order valence-electron chi connectivity index (χ0n) is 67.7. The lowest BCUT2D eigenvalue weighted by molar-refractivity contribution is -0.143. The number of aryl methyl sites for hydroxylation is 4. The molecule has 0 N–H and O–H groups in total. The van der Waals surface area contributed by atoms with Gasteiger partial charge in [0, 0.05) is 35.7 Å². The summed E-state index contributed by atoms with van der Waals surface area (Å²) in [6, 6.07) is 45.7. The molecule has 0 spiro atoms. The number of rotatable bonds is 3. The molecule has 104 heavy (non-hydrogen) atoms. The van der Waals surface area contributed by atoms with Crippen LogP contribution in [0, 0.1) is 27.7 Å². The van der Waals surface area contributed by atoms with Gasteiger partial charge in [-0.25, -0.2) is 0 Å². The van der Waals surface area contributed by atoms with E-state index in [2.05, 4.69) is 216 Å². The van der Waals surface area contributed by atoms with Gasteiger partial charge in [-0.1, -0.05) is 321 Å². The Balaban J connectivity index is 0.000000597. The Hall–Kier alpha value is -5.52. The summed E-state index contributed by atoms with van der Waals surface area (Å²) in [6.45, 7) is 58.8. The second-order valence-corrected chi connectivity index (χ2v) is 36.4. The van der Waals surface area contributed by atoms with E-state index in [1.165, 1.54) is 70.8 Å². The van der Waals surface area contributed by atoms with E-state index in [1.54, 1.807) is 27.4 Å². The fraction of sp³-hybridized carbons (Fsp3) is 0.461. The monoisotopic (exact) mass is 1560 g/mol. The maximum atomic E-state index is 12.8. The third-order valence-electron chi connectivity index (χ3n) is 16.2. The lowest BCUT2D eigenvalue weighted by Gasteiger charge is -2.25. The van der Waals surface area contributed by atoms with Crippen molar-refractivity contribution in [2.45, 2.75) is 250 Å². The Kier molecular flexibility index (Phi) is 36.7. The first kappa shape index (κ1) is 96.5. The summed E-state index contributed by atoms with van der Waals surface area (Å²) in [5.41, 5.74) is 11.5. The van der Waals surface area contributed by atoms with Gasteiger partial charge in [0.05, 0.1) is 32.5 Å². The van der Waals surface area contributed by atoms with Crippen LogP contribution in [0.2, 0.25) is 30.1 Å². The summed E-state index contributed by atoms with van der Waals surface area (Å²) in [6.07, 6.45) is -9.58. The number of alkyl halides is 6. The van der Waals surface area contributed by atoms with Crippen molar-refractivity contribution in [3.8, 4) is 17.2 Å². The second kappa shape index (κ2) is 39.5. The molecule has 0 heterocycles. The number of hydrogen-bond donors (Lipinski definition) is 0. The molecule has 15 heteroatoms. The van der Waals surface area contributed by atoms with Gasteiger partial charge in [-0.15, -0.1) is 0 Å². The predicted octanol–water partition coefficient (Wildman–Crippen LogP) is 31.1. The molecule has 0 amide bonds. The fourth-order valence-electron chi connectivity index (χ4n) is 11.7. The van der Waals surface area contributed by atoms with Crippen molar-refractivity contribution in [1.82, 2.24) is 0 Å². The number of hydrogen-bond acceptors (Lipinski definition) is 3. The second-order valence-electron chi connectivity index (χ2n) is 33.9. The van der Waals surface area contributed by atoms with Gasteiger partial charge in [0.15, 0.2) is 11.5 Å². The highest BCUT2D eigenvalue weighted by Gasteiger charge is 2.40. The Labute approximate surface area is 653 Å². The van der Waals surface area contributed by atoms with Crippen LogP contribution in [0.15, 0.2) is 152 Å². The Morgan fingerprint density at radius 3 is 0.923 bits per heavy atom. The number of methoxy groups -OCH3 is 3. The molecular formula is C89H118Cl6F6O3. The molecule has 0 radical (unpaired) electrons. The molecule has 0 saturated heterocycles. The lowest BCUT2D eigenvalue weighted by Crippen LogP contribution is -2.21. The van der Waals surface area contributed by atoms with Crippen molar-refractivity contribution in [3.63, 3.8) is 0 Å². The molecule has 8 rings (SSSR count). The average molecular weight is 1560 g/mol. The number of benzene rings is 8. The Morgan fingerprint density at radius 1 is 0.250 bits per heavy atom. The van der Waals surface area contributed by atoms with E-state index in [-0.39, 0.29) is 49.5 Å². The van der Waals surface area contributed by atoms with Crippen molar-refractivity contribution >= 4 is 69.6 Å². The minimum atomic E-state index is -4.80. The summed E-state index contributed by atoms with van der Waals surface area (Å²) in [7, 11) is 5.04. The molecule has 0 aromatic heterocycles. The van der Waals surface area contributed by atoms with Crippen LogP contribution in [0.3, 0.4) is 0 Å². The highest BCUT2D eigenvalue weighted by atomic mass is 35.5. The minimum Gasteiger partial charge on any atom is -0.496 e. The normalized spacial score (nSPS) is 12.0. The molecule has 0 atom stereocenters. The summed E-state index contributed by atoms with van der Waals surface area (Å²) in [5.74, 6) is 2.60. The van der Waals surface area contributed by atoms with Gasteiger partial charge in [-0.3, -0.25) is 0 Å². The fourth-order valence-corrected chi connectivity index (χ4v) is 14.1. The van der Waals surface area contributed by atoms with E-state index in [1.807, 2.05) is 84.9 Å². The van der Waals surface area contributed by atoms with Crippen molar-refractivity contribution < 1.29 is 40.6 Å². The molecule has 3 nitrogen and oxygen atoms in total. The van der Waals surface area contributed by atoms with Crippen LogP contribution < -0.4 is 14.2 Å². The van der Waals surface area contributed by atoms with E-state index in [0.717, 1.165) is 59.6 Å². The summed E-state index contributed by atoms with van der Waals surface area (Å²) < 4.78 is 91.5. The van der Waals surface area contributed by atoms with Gasteiger partial charge in [-0.2, -0.15) is 26.3 Å². The lowest BCUT2D eigenvalue weighted by atomic mass is 9.81. The molecular weight excluding hydrogens is 1440 g/mol. The highest BCUT2D eigenvalue weighted by Crippen LogP contribution is 2.43. The molecule has 0 aliphatic carbocycles. The zero-order valence-corrected chi connectivity index (χ0v) is 72.2. The quantitative estimate of drug-likeness (QED) is 0.165. The first-order chi connectivity index (χ1) is 47.0. The van der Waals surface area contributed by atoms with Gasteiger partial charge in [0.2, 0.25) is 0 Å². The van der Waals surface area contributed by atoms with Gasteiger partial charge < -0.3 is 14.2 Å². The molecule has 0 unspecified atom stereocenters. The summed E-state index contributed by atoms with van der Waals surface area (Å²) in [5, 5.41) is 4.62. The largest absolute Gasteiger partial charge is 0.496 e. The molecule has 0 saturated carbocycles. The maximum Gasteiger partial charge on any atom is 0.416 e. The number of ether oxygens (including phenoxy) is 3. The van der Waals surface area contributed by atoms with Crippen molar-refractivity contribution in [2.75, 3.05) is 21.3 Å². The summed E-state index contributed by atoms with van der Waals surface area (Å²) >= 11 is 35.9. The predicted molar refractivity (Wildman–Crippen MR) is 440 cm³/mol. The SMILES string of the molecule is CC(C)(C)c1c(Cl)cccc1Cl.CC(C)(C)c1ccc(C(F)(F)F)cc1C(F)(F)F.CC(C)(C)c1ccc(Cl)cc1Cl.COc1cccc(C(C)(C)C)c1OC.COc1ccccc1C(C)(C)C.Cc1cc(Cl)ccc1C(C)(C)C.Cc1cccc(C)c1C(C)(C)C.Cc1cccc(Cl)c1C(C)(C)C. The highest BCUT2D eigenvalue weighted by molar-refractivity contribution is 6.36. The third-order valence-corrected chi connectivity index (χ3v) is 18.0. The summed E-state index contributed by atoms with van der Waals surface area (Å²) in [4.78, 5) is 0. The van der Waals surface area contributed by atoms with Crippen LogP contribution >= 0.6 is 69.6 Å². The van der Waals surface area contributed by atoms with Crippen molar-refractivity contribution in [3.05, 3.63) is 260 Å². The maximum absolute atomic E-state index is 12.8. The van der Waals surface area contributed by atoms with Crippen molar-refractivity contribution in [2.24, 2.45) is 0 Å². The Bertz CT molecular complexity index is 3710. The van der Waals surface area contributed by atoms with Gasteiger partial charge in [0.1, 0.15) is 5.75 Å². The van der Waals surface area contributed by atoms with E-state index >= 15 is 0 Å². The van der Waals surface area contributed by atoms with E-state index in [9.17, 15) is 26.3 Å². The van der Waals surface area contributed by atoms with E-state index < -0.39 is 28.9 Å². The van der Waals surface area contributed by atoms with Crippen LogP contribution in [0.25, 0.3) is 0 Å². The van der Waals surface area contributed by atoms with Crippen LogP contribution in [-0.2, 0) is 55.7 Å². The molecule has 0 bridgehead atoms. The molecule has 8 aromatic carbocycles. The third kappa shape index (κ3) is 31.7. The first-order valence-corrected chi connectivity index (χ1v) is 36.9. The van der Waals surface area contributed by atoms with Crippen LogP contribution in [0.5, 0.6) is 17.2 Å². The van der Waals surface area contributed by atoms with Crippen LogP contribution in [0.1, 0.15) is 244 Å². The standard InChI is InChI=1S/C12H12F6.C12H18O2.C12H18.2C11H15Cl.C11H16O.2C10H12Cl2/c1-10(2,3)8-5-4-7(11(13,14)15)6-9(8)12(16,17)18;1-12(2,3)9-7-6-8-10(13-4)11(9)14-5;1-9-7-6-8-10(2)11(9)12(3,4)5;1-8-7-9(12)5-6-10(8)11(2,3)4;1-8-6-5-7-9(12)10(8)11(2,3)4;1-11(2,3)9-7-5-6-8-10(9)12-4;1-10(2,3)8-5-4-7(11)6-9(8)12;1-10(2,3)9-7(11)5-4-6-8(9)12/h4-6H,1-3H3;6-8H,1-5H3;6-8H,1-5H3;2*5-7H,1-4H3;5-8H,1-4H3;2*4-6H,1-3H3. The molecule has 576 valence electrons. The van der Waals surface area contributed by atoms with E-state index in [0.29, 0.717) is 11.1 Å². The number of para-hydroxylation sites is 2. The minimum absolute atomic E-state index is 0.00935. The molecule has 0 fully saturated rings. The van der Waals surface area contributed by atoms with E-state index in [4.69, 9.17) is 83.8 Å². The van der Waals surface area contributed by atoms with Crippen molar-refractivity contribution in [1.29, 1.82) is 0 Å². The first-order valence-electron chi connectivity index (χ1n) is 34.6.